The molecule has 0 N–H and O–H groups in total. The number of nitrogens with zero attached hydrogens (tertiary/aromatic N) is 3. The molecule has 0 aliphatic carbocycles. The van der Waals surface area contributed by atoms with E-state index in [9.17, 15) is 4.79 Å². The fourth-order valence-electron chi connectivity index (χ4n) is 2.49. The number of hydrogen-bond donors (Lipinski definition) is 0. The number of esters is 1. The Labute approximate surface area is 129 Å². The molecule has 0 radical (unpaired) electrons. The van der Waals surface area contributed by atoms with Gasteiger partial charge in [-0.1, -0.05) is 0 Å². The van der Waals surface area contributed by atoms with Crippen molar-refractivity contribution in [1.29, 1.82) is 5.26 Å². The number of piperidine rings is 1. The van der Waals surface area contributed by atoms with Crippen molar-refractivity contribution in [2.75, 3.05) is 18.0 Å². The fraction of sp³-hybridized carbons (Fsp3) is 0.667. The van der Waals surface area contributed by atoms with Gasteiger partial charge in [0.05, 0.1) is 6.42 Å². The largest absolute Gasteiger partial charge is 0.460 e. The summed E-state index contributed by atoms with van der Waals surface area (Å²) in [5, 5.41) is 11.5. The van der Waals surface area contributed by atoms with E-state index in [-0.39, 0.29) is 5.97 Å². The second-order valence-corrected chi connectivity index (χ2v) is 7.21. The van der Waals surface area contributed by atoms with Gasteiger partial charge in [-0.2, -0.15) is 5.26 Å². The Balaban J connectivity index is 1.92. The lowest BCUT2D eigenvalue weighted by Gasteiger charge is -2.32. The predicted octanol–water partition coefficient (Wildman–Crippen LogP) is 2.96. The third-order valence-electron chi connectivity index (χ3n) is 3.27. The number of ether oxygens (including phenoxy) is 1. The molecule has 0 aromatic carbocycles. The summed E-state index contributed by atoms with van der Waals surface area (Å²) in [7, 11) is 0. The van der Waals surface area contributed by atoms with E-state index in [0.717, 1.165) is 31.1 Å². The van der Waals surface area contributed by atoms with Gasteiger partial charge in [-0.05, 0) is 39.5 Å². The molecule has 1 unspecified atom stereocenters. The number of carbonyl (C=O) groups is 1. The van der Waals surface area contributed by atoms with Crippen LogP contribution in [-0.4, -0.2) is 29.6 Å². The van der Waals surface area contributed by atoms with E-state index in [2.05, 4.69) is 16.0 Å². The average Bonchev–Trinajstić information content (AvgIpc) is 2.85. The Morgan fingerprint density at radius 2 is 2.38 bits per heavy atom. The first kappa shape index (κ1) is 15.8. The molecule has 1 aliphatic rings. The molecular weight excluding hydrogens is 286 g/mol. The van der Waals surface area contributed by atoms with Gasteiger partial charge in [-0.15, -0.1) is 11.3 Å². The van der Waals surface area contributed by atoms with Gasteiger partial charge in [-0.3, -0.25) is 4.79 Å². The standard InChI is InChI=1S/C15H21N3O2S/c1-15(2,3)20-13(19)7-11-5-4-6-18(9-11)14-17-12(8-16)10-21-14/h10-11H,4-7,9H2,1-3H3. The number of aromatic nitrogens is 1. The summed E-state index contributed by atoms with van der Waals surface area (Å²) in [5.74, 6) is 0.161. The second kappa shape index (κ2) is 6.44. The van der Waals surface area contributed by atoms with Crippen molar-refractivity contribution in [2.45, 2.75) is 45.6 Å². The van der Waals surface area contributed by atoms with E-state index in [1.54, 1.807) is 5.38 Å². The van der Waals surface area contributed by atoms with Gasteiger partial charge in [0, 0.05) is 18.5 Å². The topological polar surface area (TPSA) is 66.2 Å². The molecule has 1 saturated heterocycles. The molecule has 2 heterocycles. The Kier molecular flexibility index (Phi) is 4.84. The van der Waals surface area contributed by atoms with Crippen molar-refractivity contribution < 1.29 is 9.53 Å². The monoisotopic (exact) mass is 307 g/mol. The number of rotatable bonds is 3. The van der Waals surface area contributed by atoms with Crippen molar-refractivity contribution >= 4 is 22.4 Å². The van der Waals surface area contributed by atoms with E-state index in [0.29, 0.717) is 18.0 Å². The lowest BCUT2D eigenvalue weighted by molar-refractivity contribution is -0.156. The molecule has 0 saturated carbocycles. The van der Waals surface area contributed by atoms with Gasteiger partial charge >= 0.3 is 5.97 Å². The maximum atomic E-state index is 11.9. The Bertz CT molecular complexity index is 542. The maximum absolute atomic E-state index is 11.9. The molecule has 1 aliphatic heterocycles. The summed E-state index contributed by atoms with van der Waals surface area (Å²) in [6, 6.07) is 2.05. The summed E-state index contributed by atoms with van der Waals surface area (Å²) < 4.78 is 5.39. The molecule has 1 aromatic heterocycles. The Morgan fingerprint density at radius 3 is 3.00 bits per heavy atom. The van der Waals surface area contributed by atoms with Crippen molar-refractivity contribution in [3.8, 4) is 6.07 Å². The zero-order valence-corrected chi connectivity index (χ0v) is 13.6. The summed E-state index contributed by atoms with van der Waals surface area (Å²) in [4.78, 5) is 18.4. The van der Waals surface area contributed by atoms with Gasteiger partial charge in [0.15, 0.2) is 10.8 Å². The third-order valence-corrected chi connectivity index (χ3v) is 4.17. The Hall–Kier alpha value is -1.61. The predicted molar refractivity (Wildman–Crippen MR) is 82.2 cm³/mol. The van der Waals surface area contributed by atoms with E-state index < -0.39 is 5.60 Å². The van der Waals surface area contributed by atoms with E-state index in [1.165, 1.54) is 11.3 Å². The first-order valence-corrected chi connectivity index (χ1v) is 8.08. The highest BCUT2D eigenvalue weighted by atomic mass is 32.1. The zero-order chi connectivity index (χ0) is 15.5. The van der Waals surface area contributed by atoms with E-state index in [1.807, 2.05) is 20.8 Å². The average molecular weight is 307 g/mol. The third kappa shape index (κ3) is 4.71. The molecule has 5 nitrogen and oxygen atoms in total. The summed E-state index contributed by atoms with van der Waals surface area (Å²) in [5.41, 5.74) is 0.0341. The molecule has 2 rings (SSSR count). The molecule has 114 valence electrons. The molecule has 0 spiro atoms. The number of hydrogen-bond acceptors (Lipinski definition) is 6. The van der Waals surface area contributed by atoms with Gasteiger partial charge in [-0.25, -0.2) is 4.98 Å². The quantitative estimate of drug-likeness (QED) is 0.803. The lowest BCUT2D eigenvalue weighted by atomic mass is 9.95. The van der Waals surface area contributed by atoms with Crippen molar-refractivity contribution in [2.24, 2.45) is 5.92 Å². The van der Waals surface area contributed by atoms with Gasteiger partial charge in [0.1, 0.15) is 11.7 Å². The minimum Gasteiger partial charge on any atom is -0.460 e. The first-order chi connectivity index (χ1) is 9.87. The van der Waals surface area contributed by atoms with Crippen LogP contribution in [0.25, 0.3) is 0 Å². The van der Waals surface area contributed by atoms with Crippen LogP contribution < -0.4 is 4.90 Å². The molecular formula is C15H21N3O2S. The van der Waals surface area contributed by atoms with Crippen molar-refractivity contribution in [1.82, 2.24) is 4.98 Å². The van der Waals surface area contributed by atoms with Crippen molar-refractivity contribution in [3.05, 3.63) is 11.1 Å². The number of anilines is 1. The molecule has 6 heteroatoms. The van der Waals surface area contributed by atoms with E-state index in [4.69, 9.17) is 10.00 Å². The number of thiazole rings is 1. The highest BCUT2D eigenvalue weighted by molar-refractivity contribution is 7.13. The zero-order valence-electron chi connectivity index (χ0n) is 12.8. The highest BCUT2D eigenvalue weighted by Crippen LogP contribution is 2.28. The Morgan fingerprint density at radius 1 is 1.62 bits per heavy atom. The van der Waals surface area contributed by atoms with Crippen LogP contribution in [0.1, 0.15) is 45.7 Å². The van der Waals surface area contributed by atoms with Crippen LogP contribution in [0.15, 0.2) is 5.38 Å². The van der Waals surface area contributed by atoms with Crippen LogP contribution in [-0.2, 0) is 9.53 Å². The van der Waals surface area contributed by atoms with Crippen LogP contribution in [0.4, 0.5) is 5.13 Å². The minimum atomic E-state index is -0.428. The summed E-state index contributed by atoms with van der Waals surface area (Å²) in [6.07, 6.45) is 2.52. The lowest BCUT2D eigenvalue weighted by Crippen LogP contribution is -2.37. The molecule has 0 bridgehead atoms. The van der Waals surface area contributed by atoms with Gasteiger partial charge in [0.25, 0.3) is 0 Å². The van der Waals surface area contributed by atoms with Gasteiger partial charge < -0.3 is 9.64 Å². The maximum Gasteiger partial charge on any atom is 0.306 e. The fourth-order valence-corrected chi connectivity index (χ4v) is 3.27. The summed E-state index contributed by atoms with van der Waals surface area (Å²) in [6.45, 7) is 7.39. The summed E-state index contributed by atoms with van der Waals surface area (Å²) >= 11 is 1.49. The molecule has 1 fully saturated rings. The molecule has 1 atom stereocenters. The molecule has 21 heavy (non-hydrogen) atoms. The smallest absolute Gasteiger partial charge is 0.306 e. The highest BCUT2D eigenvalue weighted by Gasteiger charge is 2.26. The molecule has 1 aromatic rings. The van der Waals surface area contributed by atoms with Crippen LogP contribution in [0, 0.1) is 17.2 Å². The number of nitriles is 1. The first-order valence-electron chi connectivity index (χ1n) is 7.20. The SMILES string of the molecule is CC(C)(C)OC(=O)CC1CCCN(c2nc(C#N)cs2)C1. The van der Waals surface area contributed by atoms with Crippen LogP contribution in [0.5, 0.6) is 0 Å². The molecule has 0 amide bonds. The van der Waals surface area contributed by atoms with Gasteiger partial charge in [0.2, 0.25) is 0 Å². The van der Waals surface area contributed by atoms with Crippen LogP contribution in [0.2, 0.25) is 0 Å². The second-order valence-electron chi connectivity index (χ2n) is 6.37. The minimum absolute atomic E-state index is 0.133. The number of carbonyl (C=O) groups excluding carboxylic acids is 1. The normalized spacial score (nSPS) is 19.1. The van der Waals surface area contributed by atoms with E-state index >= 15 is 0 Å². The van der Waals surface area contributed by atoms with Crippen LogP contribution in [0.3, 0.4) is 0 Å². The van der Waals surface area contributed by atoms with Crippen LogP contribution >= 0.6 is 11.3 Å². The van der Waals surface area contributed by atoms with Crippen molar-refractivity contribution in [3.63, 3.8) is 0 Å².